The molecule has 1 N–H and O–H groups in total. The van der Waals surface area contributed by atoms with Crippen molar-refractivity contribution >= 4 is 11.8 Å². The van der Waals surface area contributed by atoms with E-state index in [-0.39, 0.29) is 24.0 Å². The number of carbonyl (C=O) groups is 2. The lowest BCUT2D eigenvalue weighted by atomic mass is 9.39. The molecular formula is C16H24O3. The Balaban J connectivity index is 1.84. The summed E-state index contributed by atoms with van der Waals surface area (Å²) in [6.07, 6.45) is 7.07. The number of carbonyl (C=O) groups excluding carboxylic acids is 1. The molecule has 4 atom stereocenters. The molecule has 4 aliphatic carbocycles. The van der Waals surface area contributed by atoms with Crippen LogP contribution in [0.4, 0.5) is 0 Å². The second-order valence-electron chi connectivity index (χ2n) is 8.23. The number of rotatable bonds is 4. The molecule has 0 aromatic rings. The van der Waals surface area contributed by atoms with Crippen molar-refractivity contribution in [2.45, 2.75) is 65.2 Å². The molecule has 0 aliphatic heterocycles. The van der Waals surface area contributed by atoms with E-state index in [1.54, 1.807) is 0 Å². The second-order valence-corrected chi connectivity index (χ2v) is 8.23. The zero-order valence-electron chi connectivity index (χ0n) is 12.0. The van der Waals surface area contributed by atoms with E-state index in [9.17, 15) is 9.59 Å². The molecule has 0 aromatic heterocycles. The summed E-state index contributed by atoms with van der Waals surface area (Å²) in [4.78, 5) is 23.3. The van der Waals surface area contributed by atoms with Gasteiger partial charge in [0.2, 0.25) is 0 Å². The molecule has 0 heterocycles. The summed E-state index contributed by atoms with van der Waals surface area (Å²) >= 11 is 0. The third-order valence-corrected chi connectivity index (χ3v) is 5.78. The predicted molar refractivity (Wildman–Crippen MR) is 71.7 cm³/mol. The average Bonchev–Trinajstić information content (AvgIpc) is 2.20. The molecule has 4 aliphatic rings. The van der Waals surface area contributed by atoms with Gasteiger partial charge in [-0.1, -0.05) is 13.8 Å². The van der Waals surface area contributed by atoms with Crippen molar-refractivity contribution in [1.29, 1.82) is 0 Å². The van der Waals surface area contributed by atoms with Crippen molar-refractivity contribution in [2.24, 2.45) is 22.2 Å². The number of hydrogen-bond acceptors (Lipinski definition) is 2. The maximum atomic E-state index is 12.6. The molecule has 0 aromatic carbocycles. The summed E-state index contributed by atoms with van der Waals surface area (Å²) in [5, 5.41) is 8.79. The van der Waals surface area contributed by atoms with Crippen molar-refractivity contribution in [3.63, 3.8) is 0 Å². The highest BCUT2D eigenvalue weighted by Gasteiger charge is 2.62. The molecule has 4 fully saturated rings. The van der Waals surface area contributed by atoms with Crippen molar-refractivity contribution in [3.8, 4) is 0 Å². The maximum Gasteiger partial charge on any atom is 0.303 e. The largest absolute Gasteiger partial charge is 0.481 e. The highest BCUT2D eigenvalue weighted by molar-refractivity contribution is 5.88. The van der Waals surface area contributed by atoms with Gasteiger partial charge in [0.25, 0.3) is 0 Å². The summed E-state index contributed by atoms with van der Waals surface area (Å²) in [5.41, 5.74) is 0.471. The van der Waals surface area contributed by atoms with E-state index in [4.69, 9.17) is 5.11 Å². The van der Waals surface area contributed by atoms with Crippen LogP contribution in [0.2, 0.25) is 0 Å². The smallest absolute Gasteiger partial charge is 0.303 e. The lowest BCUT2D eigenvalue weighted by molar-refractivity contribution is -0.168. The van der Waals surface area contributed by atoms with Gasteiger partial charge in [-0.3, -0.25) is 9.59 Å². The van der Waals surface area contributed by atoms with Crippen LogP contribution in [0, 0.1) is 22.2 Å². The first-order valence-corrected chi connectivity index (χ1v) is 7.50. The van der Waals surface area contributed by atoms with Gasteiger partial charge in [-0.2, -0.15) is 0 Å². The number of aliphatic carboxylic acids is 1. The van der Waals surface area contributed by atoms with Gasteiger partial charge in [0.15, 0.2) is 0 Å². The first-order valence-electron chi connectivity index (χ1n) is 7.50. The van der Waals surface area contributed by atoms with Gasteiger partial charge in [-0.05, 0) is 55.3 Å². The number of carboxylic acid groups (broad SMARTS) is 1. The fraction of sp³-hybridized carbons (Fsp3) is 0.875. The van der Waals surface area contributed by atoms with Crippen LogP contribution in [0.15, 0.2) is 0 Å². The summed E-state index contributed by atoms with van der Waals surface area (Å²) in [5.74, 6) is 0.0759. The van der Waals surface area contributed by atoms with Crippen molar-refractivity contribution in [3.05, 3.63) is 0 Å². The molecule has 0 saturated heterocycles. The molecule has 3 heteroatoms. The Kier molecular flexibility index (Phi) is 2.65. The zero-order chi connectivity index (χ0) is 13.9. The maximum absolute atomic E-state index is 12.6. The Morgan fingerprint density at radius 3 is 2.05 bits per heavy atom. The van der Waals surface area contributed by atoms with Crippen LogP contribution >= 0.6 is 0 Å². The van der Waals surface area contributed by atoms with Crippen molar-refractivity contribution in [1.82, 2.24) is 0 Å². The topological polar surface area (TPSA) is 54.4 Å². The normalized spacial score (nSPS) is 47.4. The van der Waals surface area contributed by atoms with Crippen LogP contribution in [0.3, 0.4) is 0 Å². The highest BCUT2D eigenvalue weighted by Crippen LogP contribution is 2.69. The van der Waals surface area contributed by atoms with Crippen LogP contribution in [-0.4, -0.2) is 16.9 Å². The fourth-order valence-corrected chi connectivity index (χ4v) is 6.24. The molecule has 4 bridgehead atoms. The van der Waals surface area contributed by atoms with Gasteiger partial charge in [0.05, 0.1) is 6.42 Å². The standard InChI is InChI=1S/C16H24O3/c1-14-5-11-6-15(2,8-14)10-16(7-11,9-14)12(17)3-4-13(18)19/h11H,3-10H2,1-2H3,(H,18,19)/t11?,14-,15+,16?. The van der Waals surface area contributed by atoms with E-state index in [0.29, 0.717) is 16.7 Å². The molecule has 0 spiro atoms. The summed E-state index contributed by atoms with van der Waals surface area (Å²) in [6.45, 7) is 4.68. The Labute approximate surface area is 114 Å². The van der Waals surface area contributed by atoms with E-state index in [1.807, 2.05) is 0 Å². The molecule has 19 heavy (non-hydrogen) atoms. The lowest BCUT2D eigenvalue weighted by Crippen LogP contribution is -2.57. The number of ketones is 1. The van der Waals surface area contributed by atoms with Crippen molar-refractivity contribution in [2.75, 3.05) is 0 Å². The Hall–Kier alpha value is -0.860. The zero-order valence-corrected chi connectivity index (χ0v) is 12.0. The molecule has 3 nitrogen and oxygen atoms in total. The number of Topliss-reactive ketones (excluding diaryl/α,β-unsaturated/α-hetero) is 1. The molecule has 4 rings (SSSR count). The van der Waals surface area contributed by atoms with Gasteiger partial charge < -0.3 is 5.11 Å². The highest BCUT2D eigenvalue weighted by atomic mass is 16.4. The minimum Gasteiger partial charge on any atom is -0.481 e. The summed E-state index contributed by atoms with van der Waals surface area (Å²) in [6, 6.07) is 0. The number of hydrogen-bond donors (Lipinski definition) is 1. The molecular weight excluding hydrogens is 240 g/mol. The van der Waals surface area contributed by atoms with E-state index >= 15 is 0 Å². The first-order chi connectivity index (χ1) is 8.74. The molecule has 4 saturated carbocycles. The lowest BCUT2D eigenvalue weighted by Gasteiger charge is -2.64. The van der Waals surface area contributed by atoms with Gasteiger partial charge in [-0.15, -0.1) is 0 Å². The Bertz CT molecular complexity index is 421. The van der Waals surface area contributed by atoms with E-state index in [1.165, 1.54) is 19.3 Å². The van der Waals surface area contributed by atoms with Gasteiger partial charge >= 0.3 is 5.97 Å². The fourth-order valence-electron chi connectivity index (χ4n) is 6.24. The third-order valence-electron chi connectivity index (χ3n) is 5.78. The summed E-state index contributed by atoms with van der Waals surface area (Å²) < 4.78 is 0. The third kappa shape index (κ3) is 2.11. The van der Waals surface area contributed by atoms with E-state index < -0.39 is 5.97 Å². The molecule has 106 valence electrons. The van der Waals surface area contributed by atoms with Crippen LogP contribution in [0.5, 0.6) is 0 Å². The Morgan fingerprint density at radius 1 is 1.00 bits per heavy atom. The van der Waals surface area contributed by atoms with Gasteiger partial charge in [0.1, 0.15) is 5.78 Å². The minimum absolute atomic E-state index is 0.00131. The predicted octanol–water partition coefficient (Wildman–Crippen LogP) is 3.42. The second kappa shape index (κ2) is 3.83. The van der Waals surface area contributed by atoms with Crippen LogP contribution in [0.25, 0.3) is 0 Å². The van der Waals surface area contributed by atoms with E-state index in [0.717, 1.165) is 19.3 Å². The molecule has 2 unspecified atom stereocenters. The van der Waals surface area contributed by atoms with E-state index in [2.05, 4.69) is 13.8 Å². The van der Waals surface area contributed by atoms with Crippen LogP contribution in [0.1, 0.15) is 65.2 Å². The quantitative estimate of drug-likeness (QED) is 0.846. The monoisotopic (exact) mass is 264 g/mol. The molecule has 0 radical (unpaired) electrons. The van der Waals surface area contributed by atoms with Crippen LogP contribution < -0.4 is 0 Å². The Morgan fingerprint density at radius 2 is 1.58 bits per heavy atom. The first kappa shape index (κ1) is 13.1. The van der Waals surface area contributed by atoms with Gasteiger partial charge in [-0.25, -0.2) is 0 Å². The average molecular weight is 264 g/mol. The number of carboxylic acids is 1. The minimum atomic E-state index is -0.851. The molecule has 0 amide bonds. The SMILES string of the molecule is C[C@]12CC3CC(C(=O)CCC(=O)O)(C1)C[C@@](C)(C3)C2. The summed E-state index contributed by atoms with van der Waals surface area (Å²) in [7, 11) is 0. The van der Waals surface area contributed by atoms with Crippen LogP contribution in [-0.2, 0) is 9.59 Å². The van der Waals surface area contributed by atoms with Crippen molar-refractivity contribution < 1.29 is 14.7 Å². The van der Waals surface area contributed by atoms with Gasteiger partial charge in [0, 0.05) is 11.8 Å².